The van der Waals surface area contributed by atoms with Crippen LogP contribution in [0.5, 0.6) is 0 Å². The molecule has 24 heavy (non-hydrogen) atoms. The summed E-state index contributed by atoms with van der Waals surface area (Å²) >= 11 is 6.06. The van der Waals surface area contributed by atoms with Crippen molar-refractivity contribution in [2.75, 3.05) is 47.4 Å². The van der Waals surface area contributed by atoms with Crippen LogP contribution in [0.4, 0.5) is 0 Å². The van der Waals surface area contributed by atoms with E-state index in [9.17, 15) is 0 Å². The molecule has 0 unspecified atom stereocenters. The molecule has 0 heterocycles. The van der Waals surface area contributed by atoms with Gasteiger partial charge in [-0.15, -0.1) is 0 Å². The molecular formula is C18H29ClN4O. The Morgan fingerprint density at radius 2 is 2.17 bits per heavy atom. The Morgan fingerprint density at radius 1 is 1.38 bits per heavy atom. The van der Waals surface area contributed by atoms with Crippen molar-refractivity contribution in [1.29, 1.82) is 0 Å². The molecule has 6 heteroatoms. The third-order valence-corrected chi connectivity index (χ3v) is 4.45. The molecule has 0 bridgehead atoms. The summed E-state index contributed by atoms with van der Waals surface area (Å²) in [5, 5.41) is 4.22. The van der Waals surface area contributed by atoms with Crippen molar-refractivity contribution in [2.24, 2.45) is 4.99 Å². The molecule has 0 saturated heterocycles. The fourth-order valence-corrected chi connectivity index (χ4v) is 3.02. The van der Waals surface area contributed by atoms with Crippen LogP contribution in [-0.4, -0.2) is 69.2 Å². The molecule has 0 aliphatic heterocycles. The molecule has 1 saturated carbocycles. The van der Waals surface area contributed by atoms with Crippen molar-refractivity contribution in [1.82, 2.24) is 15.1 Å². The number of benzene rings is 1. The van der Waals surface area contributed by atoms with Crippen molar-refractivity contribution in [3.05, 3.63) is 34.9 Å². The van der Waals surface area contributed by atoms with Crippen LogP contribution < -0.4 is 5.32 Å². The van der Waals surface area contributed by atoms with Gasteiger partial charge in [-0.25, -0.2) is 0 Å². The highest BCUT2D eigenvalue weighted by atomic mass is 35.5. The monoisotopic (exact) mass is 352 g/mol. The minimum absolute atomic E-state index is 0.744. The average molecular weight is 353 g/mol. The van der Waals surface area contributed by atoms with Crippen LogP contribution in [0, 0.1) is 0 Å². The molecule has 134 valence electrons. The van der Waals surface area contributed by atoms with Crippen LogP contribution in [0.3, 0.4) is 0 Å². The van der Waals surface area contributed by atoms with Gasteiger partial charge in [0.05, 0.1) is 6.61 Å². The highest BCUT2D eigenvalue weighted by Gasteiger charge is 2.28. The van der Waals surface area contributed by atoms with Gasteiger partial charge in [-0.05, 0) is 30.5 Å². The number of ether oxygens (including phenoxy) is 1. The number of halogens is 1. The molecule has 1 aliphatic rings. The molecule has 5 nitrogen and oxygen atoms in total. The average Bonchev–Trinajstić information content (AvgIpc) is 3.39. The first kappa shape index (κ1) is 19.0. The van der Waals surface area contributed by atoms with E-state index < -0.39 is 0 Å². The molecule has 1 aromatic rings. The number of rotatable bonds is 9. The van der Waals surface area contributed by atoms with Gasteiger partial charge in [0.25, 0.3) is 0 Å². The van der Waals surface area contributed by atoms with Crippen molar-refractivity contribution < 1.29 is 4.74 Å². The predicted molar refractivity (Wildman–Crippen MR) is 101 cm³/mol. The predicted octanol–water partition coefficient (Wildman–Crippen LogP) is 2.46. The van der Waals surface area contributed by atoms with Gasteiger partial charge in [-0.2, -0.15) is 0 Å². The van der Waals surface area contributed by atoms with Crippen molar-refractivity contribution in [3.63, 3.8) is 0 Å². The summed E-state index contributed by atoms with van der Waals surface area (Å²) < 4.78 is 5.21. The van der Waals surface area contributed by atoms with E-state index >= 15 is 0 Å². The van der Waals surface area contributed by atoms with E-state index in [-0.39, 0.29) is 0 Å². The lowest BCUT2D eigenvalue weighted by Crippen LogP contribution is -2.43. The van der Waals surface area contributed by atoms with Crippen LogP contribution in [0.1, 0.15) is 18.4 Å². The second kappa shape index (κ2) is 9.87. The Bertz CT molecular complexity index is 534. The third-order valence-electron chi connectivity index (χ3n) is 4.21. The summed E-state index contributed by atoms with van der Waals surface area (Å²) in [6.45, 7) is 4.46. The number of nitrogens with zero attached hydrogens (tertiary/aromatic N) is 3. The third kappa shape index (κ3) is 6.30. The van der Waals surface area contributed by atoms with Crippen LogP contribution in [0.25, 0.3) is 0 Å². The maximum atomic E-state index is 6.06. The van der Waals surface area contributed by atoms with Gasteiger partial charge >= 0.3 is 0 Å². The summed E-state index contributed by atoms with van der Waals surface area (Å²) in [6.07, 6.45) is 2.63. The zero-order valence-electron chi connectivity index (χ0n) is 15.0. The van der Waals surface area contributed by atoms with E-state index in [0.717, 1.165) is 49.8 Å². The fourth-order valence-electron chi connectivity index (χ4n) is 2.81. The molecule has 1 aromatic carbocycles. The van der Waals surface area contributed by atoms with Crippen molar-refractivity contribution in [3.8, 4) is 0 Å². The van der Waals surface area contributed by atoms with Crippen LogP contribution in [0.2, 0.25) is 5.02 Å². The van der Waals surface area contributed by atoms with E-state index in [1.165, 1.54) is 18.4 Å². The molecule has 1 aliphatic carbocycles. The standard InChI is InChI=1S/C18H29ClN4O/c1-20-18(22(2)14-15-5-4-6-16(19)13-15)21-9-10-23(11-12-24-3)17-7-8-17/h4-6,13,17H,7-12,14H2,1-3H3,(H,20,21). The van der Waals surface area contributed by atoms with E-state index in [1.807, 2.05) is 32.3 Å². The van der Waals surface area contributed by atoms with E-state index in [0.29, 0.717) is 0 Å². The summed E-state index contributed by atoms with van der Waals surface area (Å²) in [5.41, 5.74) is 1.17. The number of nitrogens with one attached hydrogen (secondary N) is 1. The van der Waals surface area contributed by atoms with Crippen LogP contribution in [0.15, 0.2) is 29.3 Å². The van der Waals surface area contributed by atoms with Gasteiger partial charge in [0.2, 0.25) is 0 Å². The fraction of sp³-hybridized carbons (Fsp3) is 0.611. The van der Waals surface area contributed by atoms with Gasteiger partial charge in [-0.3, -0.25) is 9.89 Å². The Kier molecular flexibility index (Phi) is 7.82. The van der Waals surface area contributed by atoms with Gasteiger partial charge in [0, 0.05) is 58.4 Å². The van der Waals surface area contributed by atoms with Gasteiger partial charge < -0.3 is 15.0 Å². The Hall–Kier alpha value is -1.30. The minimum atomic E-state index is 0.744. The van der Waals surface area contributed by atoms with Gasteiger partial charge in [-0.1, -0.05) is 23.7 Å². The van der Waals surface area contributed by atoms with Crippen LogP contribution >= 0.6 is 11.6 Å². The minimum Gasteiger partial charge on any atom is -0.383 e. The number of methoxy groups -OCH3 is 1. The second-order valence-electron chi connectivity index (χ2n) is 6.22. The Balaban J connectivity index is 1.78. The first-order chi connectivity index (χ1) is 11.6. The number of hydrogen-bond donors (Lipinski definition) is 1. The zero-order chi connectivity index (χ0) is 17.4. The smallest absolute Gasteiger partial charge is 0.193 e. The molecule has 2 rings (SSSR count). The molecule has 1 N–H and O–H groups in total. The summed E-state index contributed by atoms with van der Waals surface area (Å²) in [7, 11) is 5.62. The van der Waals surface area contributed by atoms with Gasteiger partial charge in [0.15, 0.2) is 5.96 Å². The van der Waals surface area contributed by atoms with E-state index in [2.05, 4.69) is 26.2 Å². The summed E-state index contributed by atoms with van der Waals surface area (Å²) in [4.78, 5) is 9.00. The van der Waals surface area contributed by atoms with E-state index in [1.54, 1.807) is 7.11 Å². The molecule has 0 amide bonds. The zero-order valence-corrected chi connectivity index (χ0v) is 15.7. The number of aliphatic imine (C=N–C) groups is 1. The lowest BCUT2D eigenvalue weighted by atomic mass is 10.2. The highest BCUT2D eigenvalue weighted by Crippen LogP contribution is 2.25. The van der Waals surface area contributed by atoms with Crippen molar-refractivity contribution in [2.45, 2.75) is 25.4 Å². The first-order valence-electron chi connectivity index (χ1n) is 8.53. The lowest BCUT2D eigenvalue weighted by molar-refractivity contribution is 0.144. The SMILES string of the molecule is CN=C(NCCN(CCOC)C1CC1)N(C)Cc1cccc(Cl)c1. The summed E-state index contributed by atoms with van der Waals surface area (Å²) in [5.74, 6) is 0.900. The largest absolute Gasteiger partial charge is 0.383 e. The lowest BCUT2D eigenvalue weighted by Gasteiger charge is -2.25. The summed E-state index contributed by atoms with van der Waals surface area (Å²) in [6, 6.07) is 8.68. The topological polar surface area (TPSA) is 40.1 Å². The number of hydrogen-bond acceptors (Lipinski definition) is 3. The van der Waals surface area contributed by atoms with E-state index in [4.69, 9.17) is 16.3 Å². The molecule has 0 radical (unpaired) electrons. The highest BCUT2D eigenvalue weighted by molar-refractivity contribution is 6.30. The van der Waals surface area contributed by atoms with Crippen LogP contribution in [-0.2, 0) is 11.3 Å². The molecule has 0 spiro atoms. The van der Waals surface area contributed by atoms with Gasteiger partial charge in [0.1, 0.15) is 0 Å². The molecular weight excluding hydrogens is 324 g/mol. The first-order valence-corrected chi connectivity index (χ1v) is 8.91. The quantitative estimate of drug-likeness (QED) is 0.547. The molecule has 0 aromatic heterocycles. The second-order valence-corrected chi connectivity index (χ2v) is 6.66. The Labute approximate surface area is 150 Å². The van der Waals surface area contributed by atoms with Crippen molar-refractivity contribution >= 4 is 17.6 Å². The maximum absolute atomic E-state index is 6.06. The maximum Gasteiger partial charge on any atom is 0.193 e. The molecule has 0 atom stereocenters. The normalized spacial score (nSPS) is 15.0. The number of guanidine groups is 1. The molecule has 1 fully saturated rings. The Morgan fingerprint density at radius 3 is 2.79 bits per heavy atom.